The number of aliphatic hydroxyl groups excluding tert-OH is 1. The van der Waals surface area contributed by atoms with Gasteiger partial charge in [-0.2, -0.15) is 0 Å². The zero-order valence-corrected chi connectivity index (χ0v) is 11.3. The summed E-state index contributed by atoms with van der Waals surface area (Å²) in [5, 5.41) is 14.6. The minimum Gasteiger partial charge on any atom is -0.396 e. The van der Waals surface area contributed by atoms with Gasteiger partial charge in [0.05, 0.1) is 6.61 Å². The van der Waals surface area contributed by atoms with Crippen LogP contribution in [0.1, 0.15) is 17.9 Å². The summed E-state index contributed by atoms with van der Waals surface area (Å²) < 4.78 is 4.85. The van der Waals surface area contributed by atoms with E-state index in [0.29, 0.717) is 26.1 Å². The van der Waals surface area contributed by atoms with Crippen molar-refractivity contribution in [3.63, 3.8) is 0 Å². The molecule has 0 saturated carbocycles. The van der Waals surface area contributed by atoms with Crippen molar-refractivity contribution >= 4 is 6.03 Å². The minimum atomic E-state index is -0.212. The van der Waals surface area contributed by atoms with E-state index in [4.69, 9.17) is 9.84 Å². The van der Waals surface area contributed by atoms with Gasteiger partial charge >= 0.3 is 6.03 Å². The molecule has 0 radical (unpaired) electrons. The lowest BCUT2D eigenvalue weighted by atomic mass is 9.96. The molecule has 2 amide bonds. The van der Waals surface area contributed by atoms with Crippen LogP contribution >= 0.6 is 0 Å². The Kier molecular flexibility index (Phi) is 7.62. The number of urea groups is 1. The second-order valence-corrected chi connectivity index (χ2v) is 4.25. The maximum atomic E-state index is 11.5. The van der Waals surface area contributed by atoms with Gasteiger partial charge in [0.15, 0.2) is 0 Å². The fourth-order valence-electron chi connectivity index (χ4n) is 1.81. The first kappa shape index (κ1) is 15.5. The number of ether oxygens (including phenoxy) is 1. The van der Waals surface area contributed by atoms with Crippen LogP contribution in [0.4, 0.5) is 4.79 Å². The van der Waals surface area contributed by atoms with Crippen molar-refractivity contribution in [2.24, 2.45) is 0 Å². The van der Waals surface area contributed by atoms with Crippen LogP contribution in [0.2, 0.25) is 0 Å². The number of hydrogen-bond acceptors (Lipinski definition) is 3. The van der Waals surface area contributed by atoms with Crippen molar-refractivity contribution in [3.8, 4) is 0 Å². The molecule has 0 aliphatic carbocycles. The number of aliphatic hydroxyl groups is 1. The number of benzene rings is 1. The molecule has 0 aliphatic rings. The molecule has 0 saturated heterocycles. The van der Waals surface area contributed by atoms with Gasteiger partial charge in [-0.25, -0.2) is 4.79 Å². The van der Waals surface area contributed by atoms with Crippen LogP contribution < -0.4 is 10.6 Å². The van der Waals surface area contributed by atoms with E-state index in [0.717, 1.165) is 5.56 Å². The van der Waals surface area contributed by atoms with Crippen molar-refractivity contribution in [1.29, 1.82) is 0 Å². The van der Waals surface area contributed by atoms with E-state index in [-0.39, 0.29) is 18.6 Å². The molecular weight excluding hydrogens is 244 g/mol. The summed E-state index contributed by atoms with van der Waals surface area (Å²) >= 11 is 0. The largest absolute Gasteiger partial charge is 0.396 e. The highest BCUT2D eigenvalue weighted by atomic mass is 16.5. The number of rotatable bonds is 8. The Morgan fingerprint density at radius 2 is 2.05 bits per heavy atom. The van der Waals surface area contributed by atoms with Crippen molar-refractivity contribution < 1.29 is 14.6 Å². The third-order valence-corrected chi connectivity index (χ3v) is 2.85. The SMILES string of the molecule is COCCNC(=O)NC[C@@H](CCO)c1ccccc1. The van der Waals surface area contributed by atoms with E-state index < -0.39 is 0 Å². The summed E-state index contributed by atoms with van der Waals surface area (Å²) in [5.74, 6) is 0.124. The Morgan fingerprint density at radius 1 is 1.32 bits per heavy atom. The topological polar surface area (TPSA) is 70.6 Å². The Labute approximate surface area is 114 Å². The molecule has 5 nitrogen and oxygen atoms in total. The summed E-state index contributed by atoms with van der Waals surface area (Å²) in [6.07, 6.45) is 0.627. The molecular formula is C14H22N2O3. The molecule has 1 atom stereocenters. The first-order chi connectivity index (χ1) is 9.27. The minimum absolute atomic E-state index is 0.104. The highest BCUT2D eigenvalue weighted by Gasteiger charge is 2.11. The molecule has 0 heterocycles. The summed E-state index contributed by atoms with van der Waals surface area (Å²) in [6.45, 7) is 1.58. The van der Waals surface area contributed by atoms with Gasteiger partial charge in [0.1, 0.15) is 0 Å². The summed E-state index contributed by atoms with van der Waals surface area (Å²) in [5.41, 5.74) is 1.12. The number of carbonyl (C=O) groups excluding carboxylic acids is 1. The second-order valence-electron chi connectivity index (χ2n) is 4.25. The Bertz CT molecular complexity index is 357. The van der Waals surface area contributed by atoms with Crippen LogP contribution in [0, 0.1) is 0 Å². The van der Waals surface area contributed by atoms with E-state index in [9.17, 15) is 4.79 Å². The third-order valence-electron chi connectivity index (χ3n) is 2.85. The van der Waals surface area contributed by atoms with Gasteiger partial charge in [-0.05, 0) is 12.0 Å². The predicted molar refractivity (Wildman–Crippen MR) is 74.2 cm³/mol. The molecule has 3 N–H and O–H groups in total. The van der Waals surface area contributed by atoms with Crippen LogP contribution in [-0.4, -0.2) is 44.6 Å². The third kappa shape index (κ3) is 6.22. The van der Waals surface area contributed by atoms with E-state index >= 15 is 0 Å². The van der Waals surface area contributed by atoms with Crippen molar-refractivity contribution in [2.75, 3.05) is 33.4 Å². The molecule has 1 rings (SSSR count). The van der Waals surface area contributed by atoms with Gasteiger partial charge in [0.25, 0.3) is 0 Å². The lowest BCUT2D eigenvalue weighted by Crippen LogP contribution is -2.39. The fraction of sp³-hybridized carbons (Fsp3) is 0.500. The highest BCUT2D eigenvalue weighted by Crippen LogP contribution is 2.17. The molecule has 0 spiro atoms. The van der Waals surface area contributed by atoms with Crippen molar-refractivity contribution in [1.82, 2.24) is 10.6 Å². The molecule has 0 fully saturated rings. The number of carbonyl (C=O) groups is 1. The summed E-state index contributed by atoms with van der Waals surface area (Å²) in [6, 6.07) is 9.66. The van der Waals surface area contributed by atoms with E-state index in [1.54, 1.807) is 7.11 Å². The van der Waals surface area contributed by atoms with Crippen molar-refractivity contribution in [3.05, 3.63) is 35.9 Å². The number of nitrogens with one attached hydrogen (secondary N) is 2. The van der Waals surface area contributed by atoms with Gasteiger partial charge in [-0.3, -0.25) is 0 Å². The Hall–Kier alpha value is -1.59. The smallest absolute Gasteiger partial charge is 0.314 e. The lowest BCUT2D eigenvalue weighted by molar-refractivity contribution is 0.195. The van der Waals surface area contributed by atoms with Crippen LogP contribution in [0.15, 0.2) is 30.3 Å². The molecule has 0 unspecified atom stereocenters. The zero-order valence-electron chi connectivity index (χ0n) is 11.3. The summed E-state index contributed by atoms with van der Waals surface area (Å²) in [7, 11) is 1.59. The lowest BCUT2D eigenvalue weighted by Gasteiger charge is -2.17. The molecule has 5 heteroatoms. The second kappa shape index (κ2) is 9.35. The molecule has 106 valence electrons. The molecule has 0 aliphatic heterocycles. The maximum Gasteiger partial charge on any atom is 0.314 e. The monoisotopic (exact) mass is 266 g/mol. The van der Waals surface area contributed by atoms with Crippen LogP contribution in [0.5, 0.6) is 0 Å². The van der Waals surface area contributed by atoms with Gasteiger partial charge in [-0.1, -0.05) is 30.3 Å². The predicted octanol–water partition coefficient (Wildman–Crippen LogP) is 1.10. The Morgan fingerprint density at radius 3 is 2.68 bits per heavy atom. The van der Waals surface area contributed by atoms with Gasteiger partial charge < -0.3 is 20.5 Å². The molecule has 1 aromatic rings. The van der Waals surface area contributed by atoms with Gasteiger partial charge in [0, 0.05) is 32.7 Å². The van der Waals surface area contributed by atoms with Crippen molar-refractivity contribution in [2.45, 2.75) is 12.3 Å². The molecule has 1 aromatic carbocycles. The molecule has 0 aromatic heterocycles. The Balaban J connectivity index is 2.40. The molecule has 19 heavy (non-hydrogen) atoms. The summed E-state index contributed by atoms with van der Waals surface area (Å²) in [4.78, 5) is 11.5. The van der Waals surface area contributed by atoms with Crippen LogP contribution in [0.25, 0.3) is 0 Å². The van der Waals surface area contributed by atoms with Gasteiger partial charge in [0.2, 0.25) is 0 Å². The zero-order chi connectivity index (χ0) is 13.9. The van der Waals surface area contributed by atoms with E-state index in [2.05, 4.69) is 10.6 Å². The normalized spacial score (nSPS) is 11.9. The number of amides is 2. The first-order valence-electron chi connectivity index (χ1n) is 6.44. The highest BCUT2D eigenvalue weighted by molar-refractivity contribution is 5.73. The average Bonchev–Trinajstić information content (AvgIpc) is 2.44. The van der Waals surface area contributed by atoms with E-state index in [1.165, 1.54) is 0 Å². The van der Waals surface area contributed by atoms with Crippen LogP contribution in [0.3, 0.4) is 0 Å². The standard InChI is InChI=1S/C14H22N2O3/c1-19-10-8-15-14(18)16-11-13(7-9-17)12-5-3-2-4-6-12/h2-6,13,17H,7-11H2,1H3,(H2,15,16,18)/t13-/m1/s1. The first-order valence-corrected chi connectivity index (χ1v) is 6.44. The quantitative estimate of drug-likeness (QED) is 0.617. The van der Waals surface area contributed by atoms with Gasteiger partial charge in [-0.15, -0.1) is 0 Å². The fourth-order valence-corrected chi connectivity index (χ4v) is 1.81. The van der Waals surface area contributed by atoms with Crippen LogP contribution in [-0.2, 0) is 4.74 Å². The molecule has 0 bridgehead atoms. The average molecular weight is 266 g/mol. The van der Waals surface area contributed by atoms with E-state index in [1.807, 2.05) is 30.3 Å². The maximum absolute atomic E-state index is 11.5. The number of hydrogen-bond donors (Lipinski definition) is 3. The number of methoxy groups -OCH3 is 1.